The molecule has 8 rings (SSSR count). The Morgan fingerprint density at radius 2 is 0.952 bits per heavy atom. The van der Waals surface area contributed by atoms with Gasteiger partial charge in [0.05, 0.1) is 35.3 Å². The Balaban J connectivity index is 1.31. The zero-order valence-corrected chi connectivity index (χ0v) is 24.4. The molecule has 0 radical (unpaired) electrons. The maximum atomic E-state index is 14.4. The van der Waals surface area contributed by atoms with Gasteiger partial charge in [-0.15, -0.1) is 22.7 Å². The van der Waals surface area contributed by atoms with Crippen LogP contribution in [0.2, 0.25) is 0 Å². The Morgan fingerprint density at radius 1 is 0.524 bits per heavy atom. The Hall–Kier alpha value is -3.96. The molecule has 4 aliphatic rings. The normalized spacial score (nSPS) is 29.1. The molecule has 6 atom stereocenters. The zero-order valence-electron chi connectivity index (χ0n) is 22.8. The van der Waals surface area contributed by atoms with Gasteiger partial charge in [0.1, 0.15) is 12.1 Å². The Morgan fingerprint density at radius 3 is 1.31 bits per heavy atom. The van der Waals surface area contributed by atoms with Crippen molar-refractivity contribution in [1.29, 1.82) is 0 Å². The first-order valence-electron chi connectivity index (χ1n) is 13.9. The van der Waals surface area contributed by atoms with Gasteiger partial charge >= 0.3 is 0 Å². The lowest BCUT2D eigenvalue weighted by Gasteiger charge is -2.35. The van der Waals surface area contributed by atoms with E-state index in [1.807, 2.05) is 95.3 Å². The fourth-order valence-electron chi connectivity index (χ4n) is 7.35. The van der Waals surface area contributed by atoms with E-state index in [4.69, 9.17) is 0 Å². The summed E-state index contributed by atoms with van der Waals surface area (Å²) in [6.45, 7) is 3.86. The molecule has 8 nitrogen and oxygen atoms in total. The van der Waals surface area contributed by atoms with Gasteiger partial charge in [-0.2, -0.15) is 0 Å². The van der Waals surface area contributed by atoms with Gasteiger partial charge < -0.3 is 0 Å². The van der Waals surface area contributed by atoms with Crippen LogP contribution in [0.25, 0.3) is 0 Å². The number of rotatable bonds is 4. The van der Waals surface area contributed by atoms with Crippen molar-refractivity contribution in [1.82, 2.24) is 10.0 Å². The van der Waals surface area contributed by atoms with Crippen molar-refractivity contribution in [3.05, 3.63) is 104 Å². The summed E-state index contributed by atoms with van der Waals surface area (Å²) in [5.41, 5.74) is 2.98. The van der Waals surface area contributed by atoms with E-state index in [0.29, 0.717) is 11.4 Å². The van der Waals surface area contributed by atoms with Crippen LogP contribution in [0.4, 0.5) is 11.4 Å². The molecule has 6 heterocycles. The van der Waals surface area contributed by atoms with Crippen LogP contribution in [-0.2, 0) is 19.2 Å². The summed E-state index contributed by atoms with van der Waals surface area (Å²) in [6.07, 6.45) is 0. The van der Waals surface area contributed by atoms with E-state index in [1.54, 1.807) is 12.1 Å². The summed E-state index contributed by atoms with van der Waals surface area (Å²) < 4.78 is 0. The molecular formula is C32H26N4O4S2. The second-order valence-electron chi connectivity index (χ2n) is 11.3. The highest BCUT2D eigenvalue weighted by Gasteiger charge is 2.74. The molecule has 4 amide bonds. The first kappa shape index (κ1) is 25.7. The monoisotopic (exact) mass is 594 g/mol. The lowest BCUT2D eigenvalue weighted by molar-refractivity contribution is -0.135. The number of carbonyl (C=O) groups is 4. The number of carbonyl (C=O) groups excluding carboxylic acids is 4. The summed E-state index contributed by atoms with van der Waals surface area (Å²) in [5.74, 6) is -2.66. The van der Waals surface area contributed by atoms with Gasteiger partial charge in [-0.1, -0.05) is 36.4 Å². The molecule has 0 aliphatic carbocycles. The van der Waals surface area contributed by atoms with Gasteiger partial charge in [0.15, 0.2) is 0 Å². The largest absolute Gasteiger partial charge is 0.274 e. The van der Waals surface area contributed by atoms with Gasteiger partial charge in [0.2, 0.25) is 11.8 Å². The van der Waals surface area contributed by atoms with Crippen LogP contribution >= 0.6 is 22.7 Å². The average Bonchev–Trinajstić information content (AvgIpc) is 3.79. The second-order valence-corrected chi connectivity index (χ2v) is 13.3. The number of fused-ring (bicyclic) bond motifs is 5. The smallest absolute Gasteiger partial charge is 0.253 e. The van der Waals surface area contributed by atoms with E-state index < -0.39 is 36.0 Å². The third-order valence-electron chi connectivity index (χ3n) is 8.91. The summed E-state index contributed by atoms with van der Waals surface area (Å²) in [5, 5.41) is 7.74. The number of benzene rings is 2. The molecule has 0 bridgehead atoms. The Bertz CT molecular complexity index is 1640. The van der Waals surface area contributed by atoms with E-state index in [0.717, 1.165) is 20.9 Å². The van der Waals surface area contributed by atoms with Crippen molar-refractivity contribution in [3.63, 3.8) is 0 Å². The number of anilines is 2. The van der Waals surface area contributed by atoms with Gasteiger partial charge in [0, 0.05) is 9.75 Å². The molecule has 42 heavy (non-hydrogen) atoms. The van der Waals surface area contributed by atoms with Crippen molar-refractivity contribution in [3.8, 4) is 0 Å². The number of thiophene rings is 2. The molecule has 10 heteroatoms. The third-order valence-corrected chi connectivity index (χ3v) is 10.8. The van der Waals surface area contributed by atoms with Crippen molar-refractivity contribution in [2.24, 2.45) is 11.8 Å². The molecule has 2 aromatic carbocycles. The van der Waals surface area contributed by atoms with E-state index in [2.05, 4.69) is 0 Å². The van der Waals surface area contributed by atoms with Crippen molar-refractivity contribution < 1.29 is 19.2 Å². The zero-order chi connectivity index (χ0) is 28.9. The van der Waals surface area contributed by atoms with E-state index >= 15 is 0 Å². The molecule has 4 aromatic rings. The first-order valence-corrected chi connectivity index (χ1v) is 15.6. The number of nitrogens with zero attached hydrogens (tertiary/aromatic N) is 4. The maximum absolute atomic E-state index is 14.4. The fraction of sp³-hybridized carbons (Fsp3) is 0.250. The molecule has 4 saturated heterocycles. The van der Waals surface area contributed by atoms with Crippen LogP contribution in [-0.4, -0.2) is 45.7 Å². The molecule has 0 spiro atoms. The molecule has 0 N–H and O–H groups in total. The second kappa shape index (κ2) is 9.27. The van der Waals surface area contributed by atoms with E-state index in [9.17, 15) is 19.2 Å². The third kappa shape index (κ3) is 3.40. The van der Waals surface area contributed by atoms with Crippen LogP contribution in [0.1, 0.15) is 33.0 Å². The van der Waals surface area contributed by atoms with E-state index in [-0.39, 0.29) is 23.6 Å². The van der Waals surface area contributed by atoms with Crippen molar-refractivity contribution >= 4 is 57.7 Å². The number of amides is 4. The predicted octanol–water partition coefficient (Wildman–Crippen LogP) is 4.87. The lowest BCUT2D eigenvalue weighted by Crippen LogP contribution is -2.50. The van der Waals surface area contributed by atoms with Crippen LogP contribution in [0.15, 0.2) is 83.6 Å². The molecule has 4 aliphatic heterocycles. The quantitative estimate of drug-likeness (QED) is 0.314. The number of hydrogen-bond acceptors (Lipinski definition) is 8. The number of hydrazine groups is 1. The molecule has 0 saturated carbocycles. The maximum Gasteiger partial charge on any atom is 0.253 e. The van der Waals surface area contributed by atoms with Crippen molar-refractivity contribution in [2.45, 2.75) is 38.0 Å². The number of hydrogen-bond donors (Lipinski definition) is 0. The number of aryl methyl sites for hydroxylation is 2. The lowest BCUT2D eigenvalue weighted by atomic mass is 9.88. The van der Waals surface area contributed by atoms with Gasteiger partial charge in [-0.25, -0.2) is 19.8 Å². The Kier molecular flexibility index (Phi) is 5.68. The topological polar surface area (TPSA) is 81.2 Å². The molecule has 0 unspecified atom stereocenters. The minimum atomic E-state index is -0.837. The summed E-state index contributed by atoms with van der Waals surface area (Å²) in [6, 6.07) is 19.7. The van der Waals surface area contributed by atoms with Crippen LogP contribution in [0.5, 0.6) is 0 Å². The molecular weight excluding hydrogens is 569 g/mol. The average molecular weight is 595 g/mol. The molecule has 4 fully saturated rings. The first-order chi connectivity index (χ1) is 20.4. The van der Waals surface area contributed by atoms with Gasteiger partial charge in [0.25, 0.3) is 11.8 Å². The van der Waals surface area contributed by atoms with Gasteiger partial charge in [-0.3, -0.25) is 19.2 Å². The highest BCUT2D eigenvalue weighted by molar-refractivity contribution is 7.10. The summed E-state index contributed by atoms with van der Waals surface area (Å²) >= 11 is 2.99. The van der Waals surface area contributed by atoms with Crippen LogP contribution in [0, 0.1) is 25.7 Å². The van der Waals surface area contributed by atoms with Crippen molar-refractivity contribution in [2.75, 3.05) is 9.80 Å². The minimum absolute atomic E-state index is 0.280. The standard InChI is InChI=1S/C32H26N4O4S2/c1-17-7-3-9-19(15-17)33-29(37)23-25(21-11-5-13-41-21)36-28-24(26(22-12-6-14-42-22)35(36)27(23)31(33)39)30(38)34(32(28)40)20-10-4-8-18(2)16-20/h3-16,23-28H,1-2H3/t23-,24+,25+,26-,27-,28+. The predicted molar refractivity (Wildman–Crippen MR) is 160 cm³/mol. The van der Waals surface area contributed by atoms with Gasteiger partial charge in [-0.05, 0) is 72.1 Å². The minimum Gasteiger partial charge on any atom is -0.274 e. The number of imide groups is 2. The summed E-state index contributed by atoms with van der Waals surface area (Å²) in [4.78, 5) is 61.7. The Labute approximate surface area is 250 Å². The SMILES string of the molecule is Cc1cccc(N2C(=O)[C@@H]3[C@@H](C2=O)N2[C@@H](c4cccs4)[C@H]4C(=O)N(c5cccc(C)c5)C(=O)[C@@H]4N2[C@@H]3c2cccs2)c1. The van der Waals surface area contributed by atoms with Crippen LogP contribution < -0.4 is 9.80 Å². The summed E-state index contributed by atoms with van der Waals surface area (Å²) in [7, 11) is 0. The highest BCUT2D eigenvalue weighted by Crippen LogP contribution is 2.60. The van der Waals surface area contributed by atoms with Crippen LogP contribution in [0.3, 0.4) is 0 Å². The van der Waals surface area contributed by atoms with E-state index in [1.165, 1.54) is 32.5 Å². The fourth-order valence-corrected chi connectivity index (χ4v) is 9.09. The highest BCUT2D eigenvalue weighted by atomic mass is 32.1. The molecule has 2 aromatic heterocycles. The molecule has 210 valence electrons.